The second-order valence-corrected chi connectivity index (χ2v) is 9.19. The normalized spacial score (nSPS) is 28.2. The van der Waals surface area contributed by atoms with E-state index >= 15 is 0 Å². The van der Waals surface area contributed by atoms with Gasteiger partial charge in [-0.05, 0) is 36.3 Å². The molecule has 1 aromatic rings. The van der Waals surface area contributed by atoms with Gasteiger partial charge in [0.15, 0.2) is 12.4 Å². The van der Waals surface area contributed by atoms with Gasteiger partial charge in [-0.1, -0.05) is 54.1 Å². The standard InChI is InChI=1S/C22H22BrNO5/c1-11(2)19(22(28)29-10-16(25)12-5-7-15(23)8-6-12)24-20(26)17-13-3-4-14(9-13)18(17)21(24)27/h3-8,11,13-14,17-19H,9-10H2,1-2H3/t13-,14-,17-,18-,19+/m0/s1. The zero-order chi connectivity index (χ0) is 20.9. The third-order valence-electron chi connectivity index (χ3n) is 6.17. The Bertz CT molecular complexity index is 876. The van der Waals surface area contributed by atoms with Gasteiger partial charge in [0.1, 0.15) is 6.04 Å². The van der Waals surface area contributed by atoms with E-state index in [0.717, 1.165) is 15.8 Å². The lowest BCUT2D eigenvalue weighted by molar-refractivity contribution is -0.160. The predicted molar refractivity (Wildman–Crippen MR) is 108 cm³/mol. The van der Waals surface area contributed by atoms with Crippen molar-refractivity contribution in [2.75, 3.05) is 6.61 Å². The van der Waals surface area contributed by atoms with Crippen molar-refractivity contribution in [3.63, 3.8) is 0 Å². The molecule has 29 heavy (non-hydrogen) atoms. The first-order valence-corrected chi connectivity index (χ1v) is 10.6. The lowest BCUT2D eigenvalue weighted by Gasteiger charge is -2.28. The van der Waals surface area contributed by atoms with Crippen molar-refractivity contribution in [2.24, 2.45) is 29.6 Å². The van der Waals surface area contributed by atoms with Crippen molar-refractivity contribution in [1.82, 2.24) is 4.90 Å². The molecule has 0 unspecified atom stereocenters. The average Bonchev–Trinajstić information content (AvgIpc) is 3.36. The Hall–Kier alpha value is -2.28. The van der Waals surface area contributed by atoms with E-state index in [9.17, 15) is 19.2 Å². The number of carbonyl (C=O) groups is 4. The molecule has 2 fully saturated rings. The van der Waals surface area contributed by atoms with Gasteiger partial charge >= 0.3 is 5.97 Å². The Kier molecular flexibility index (Phi) is 5.19. The Morgan fingerprint density at radius 1 is 1.07 bits per heavy atom. The van der Waals surface area contributed by atoms with Gasteiger partial charge in [-0.2, -0.15) is 0 Å². The number of Topliss-reactive ketones (excluding diaryl/α,β-unsaturated/α-hetero) is 1. The number of esters is 1. The summed E-state index contributed by atoms with van der Waals surface area (Å²) in [6.07, 6.45) is 4.86. The minimum absolute atomic E-state index is 0.0780. The number of hydrogen-bond donors (Lipinski definition) is 0. The van der Waals surface area contributed by atoms with E-state index in [1.807, 2.05) is 12.2 Å². The second kappa shape index (κ2) is 7.52. The fraction of sp³-hybridized carbons (Fsp3) is 0.455. The van der Waals surface area contributed by atoms with Crippen molar-refractivity contribution < 1.29 is 23.9 Å². The number of ketones is 1. The molecular formula is C22H22BrNO5. The van der Waals surface area contributed by atoms with E-state index in [4.69, 9.17) is 4.74 Å². The Morgan fingerprint density at radius 3 is 2.14 bits per heavy atom. The van der Waals surface area contributed by atoms with Crippen LogP contribution in [0.5, 0.6) is 0 Å². The lowest BCUT2D eigenvalue weighted by atomic mass is 9.85. The van der Waals surface area contributed by atoms with E-state index in [2.05, 4.69) is 15.9 Å². The fourth-order valence-electron chi connectivity index (χ4n) is 4.82. The van der Waals surface area contributed by atoms with Crippen LogP contribution in [-0.2, 0) is 19.1 Å². The van der Waals surface area contributed by atoms with Gasteiger partial charge in [-0.3, -0.25) is 19.3 Å². The predicted octanol–water partition coefficient (Wildman–Crippen LogP) is 3.01. The number of benzene rings is 1. The highest BCUT2D eigenvalue weighted by Crippen LogP contribution is 2.53. The molecule has 4 rings (SSSR count). The van der Waals surface area contributed by atoms with Crippen molar-refractivity contribution in [2.45, 2.75) is 26.3 Å². The first-order chi connectivity index (χ1) is 13.8. The molecule has 5 atom stereocenters. The maximum atomic E-state index is 13.0. The maximum Gasteiger partial charge on any atom is 0.330 e. The highest BCUT2D eigenvalue weighted by molar-refractivity contribution is 9.10. The number of hydrogen-bond acceptors (Lipinski definition) is 5. The van der Waals surface area contributed by atoms with Gasteiger partial charge in [0.25, 0.3) is 0 Å². The highest BCUT2D eigenvalue weighted by atomic mass is 79.9. The van der Waals surface area contributed by atoms with Gasteiger partial charge < -0.3 is 4.74 Å². The molecule has 152 valence electrons. The molecule has 1 saturated carbocycles. The number of amides is 2. The summed E-state index contributed by atoms with van der Waals surface area (Å²) in [4.78, 5) is 52.3. The molecule has 0 N–H and O–H groups in total. The second-order valence-electron chi connectivity index (χ2n) is 8.27. The zero-order valence-corrected chi connectivity index (χ0v) is 17.8. The summed E-state index contributed by atoms with van der Waals surface area (Å²) >= 11 is 3.30. The number of allylic oxidation sites excluding steroid dienone is 2. The molecule has 2 aliphatic carbocycles. The third-order valence-corrected chi connectivity index (χ3v) is 6.70. The van der Waals surface area contributed by atoms with Gasteiger partial charge in [0.2, 0.25) is 11.8 Å². The van der Waals surface area contributed by atoms with Crippen LogP contribution in [-0.4, -0.2) is 41.1 Å². The SMILES string of the molecule is CC(C)[C@H](C(=O)OCC(=O)c1ccc(Br)cc1)N1C(=O)[C@@H]2[C@@H](C1=O)[C@H]1C=C[C@H]2C1. The molecule has 1 aromatic carbocycles. The number of ether oxygens (including phenoxy) is 1. The van der Waals surface area contributed by atoms with Gasteiger partial charge in [0.05, 0.1) is 11.8 Å². The molecule has 1 saturated heterocycles. The summed E-state index contributed by atoms with van der Waals surface area (Å²) in [6, 6.07) is 5.72. The number of nitrogens with zero attached hydrogens (tertiary/aromatic N) is 1. The van der Waals surface area contributed by atoms with E-state index in [1.165, 1.54) is 0 Å². The topological polar surface area (TPSA) is 80.8 Å². The van der Waals surface area contributed by atoms with E-state index in [-0.39, 0.29) is 47.2 Å². The van der Waals surface area contributed by atoms with Crippen molar-refractivity contribution in [3.05, 3.63) is 46.5 Å². The maximum absolute atomic E-state index is 13.0. The molecule has 3 aliphatic rings. The van der Waals surface area contributed by atoms with Crippen LogP contribution in [0.15, 0.2) is 40.9 Å². The Labute approximate surface area is 177 Å². The molecule has 0 aromatic heterocycles. The monoisotopic (exact) mass is 459 g/mol. The molecule has 6 nitrogen and oxygen atoms in total. The van der Waals surface area contributed by atoms with Gasteiger partial charge in [-0.25, -0.2) is 4.79 Å². The molecule has 2 bridgehead atoms. The van der Waals surface area contributed by atoms with Crippen LogP contribution in [0.25, 0.3) is 0 Å². The number of fused-ring (bicyclic) bond motifs is 5. The first-order valence-electron chi connectivity index (χ1n) is 9.80. The van der Waals surface area contributed by atoms with E-state index in [0.29, 0.717) is 5.56 Å². The van der Waals surface area contributed by atoms with Crippen molar-refractivity contribution in [1.29, 1.82) is 0 Å². The molecule has 0 spiro atoms. The molecule has 1 heterocycles. The van der Waals surface area contributed by atoms with Crippen molar-refractivity contribution >= 4 is 39.5 Å². The van der Waals surface area contributed by atoms with Crippen LogP contribution >= 0.6 is 15.9 Å². The molecule has 2 amide bonds. The van der Waals surface area contributed by atoms with E-state index < -0.39 is 18.6 Å². The summed E-state index contributed by atoms with van der Waals surface area (Å²) in [5, 5.41) is 0. The van der Waals surface area contributed by atoms with Crippen LogP contribution in [0, 0.1) is 29.6 Å². The molecule has 0 radical (unpaired) electrons. The fourth-order valence-corrected chi connectivity index (χ4v) is 5.08. The number of likely N-dealkylation sites (tertiary alicyclic amines) is 1. The Morgan fingerprint density at radius 2 is 1.62 bits per heavy atom. The van der Waals surface area contributed by atoms with Crippen LogP contribution < -0.4 is 0 Å². The van der Waals surface area contributed by atoms with Crippen LogP contribution in [0.1, 0.15) is 30.6 Å². The molecule has 7 heteroatoms. The van der Waals surface area contributed by atoms with Gasteiger partial charge in [-0.15, -0.1) is 0 Å². The van der Waals surface area contributed by atoms with E-state index in [1.54, 1.807) is 38.1 Å². The Balaban J connectivity index is 1.47. The number of imide groups is 1. The summed E-state index contributed by atoms with van der Waals surface area (Å²) < 4.78 is 6.09. The van der Waals surface area contributed by atoms with Gasteiger partial charge in [0, 0.05) is 10.0 Å². The van der Waals surface area contributed by atoms with Crippen molar-refractivity contribution in [3.8, 4) is 0 Å². The molecule has 1 aliphatic heterocycles. The molecular weight excluding hydrogens is 438 g/mol. The highest BCUT2D eigenvalue weighted by Gasteiger charge is 2.61. The van der Waals surface area contributed by atoms with Crippen LogP contribution in [0.3, 0.4) is 0 Å². The quantitative estimate of drug-likeness (QED) is 0.282. The van der Waals surface area contributed by atoms with Crippen LogP contribution in [0.2, 0.25) is 0 Å². The number of rotatable bonds is 6. The summed E-state index contributed by atoms with van der Waals surface area (Å²) in [6.45, 7) is 3.10. The summed E-state index contributed by atoms with van der Waals surface area (Å²) in [7, 11) is 0. The average molecular weight is 460 g/mol. The smallest absolute Gasteiger partial charge is 0.330 e. The number of halogens is 1. The summed E-state index contributed by atoms with van der Waals surface area (Å²) in [5.74, 6) is -2.52. The van der Waals surface area contributed by atoms with Crippen LogP contribution in [0.4, 0.5) is 0 Å². The lowest BCUT2D eigenvalue weighted by Crippen LogP contribution is -2.50. The summed E-state index contributed by atoms with van der Waals surface area (Å²) in [5.41, 5.74) is 0.424. The largest absolute Gasteiger partial charge is 0.456 e. The number of carbonyl (C=O) groups excluding carboxylic acids is 4. The minimum Gasteiger partial charge on any atom is -0.456 e. The third kappa shape index (κ3) is 3.35. The minimum atomic E-state index is -1.02. The zero-order valence-electron chi connectivity index (χ0n) is 16.2. The first kappa shape index (κ1) is 20.0.